The molecule has 0 aromatic carbocycles. The van der Waals surface area contributed by atoms with Crippen molar-refractivity contribution >= 4 is 6.29 Å². The molecular formula is C22H38O. The summed E-state index contributed by atoms with van der Waals surface area (Å²) in [4.78, 5) is 11.0. The van der Waals surface area contributed by atoms with E-state index in [0.29, 0.717) is 5.92 Å². The Bertz CT molecular complexity index is 355. The molecule has 0 aromatic rings. The molecule has 23 heavy (non-hydrogen) atoms. The predicted octanol–water partition coefficient (Wildman–Crippen LogP) is 6.40. The second kappa shape index (κ2) is 8.67. The monoisotopic (exact) mass is 318 g/mol. The molecule has 0 aromatic heterocycles. The Morgan fingerprint density at radius 3 is 2.04 bits per heavy atom. The molecular weight excluding hydrogens is 280 g/mol. The van der Waals surface area contributed by atoms with E-state index in [0.717, 1.165) is 29.6 Å². The molecule has 4 atom stereocenters. The summed E-state index contributed by atoms with van der Waals surface area (Å²) < 4.78 is 0. The van der Waals surface area contributed by atoms with Crippen LogP contribution in [0.15, 0.2) is 0 Å². The quantitative estimate of drug-likeness (QED) is 0.409. The van der Waals surface area contributed by atoms with E-state index in [9.17, 15) is 4.79 Å². The third-order valence-electron chi connectivity index (χ3n) is 7.65. The number of aldehydes is 1. The fraction of sp³-hybridized carbons (Fsp3) is 0.955. The van der Waals surface area contributed by atoms with Crippen LogP contribution >= 0.6 is 0 Å². The SMILES string of the molecule is CCCCC[C@H]1CC[C@@H]2C[C@H](C3CCC(C=O)CC3)CC[C@@H]2C1. The number of hydrogen-bond donors (Lipinski definition) is 0. The maximum absolute atomic E-state index is 11.0. The van der Waals surface area contributed by atoms with Crippen LogP contribution in [0.4, 0.5) is 0 Å². The van der Waals surface area contributed by atoms with Gasteiger partial charge in [0.05, 0.1) is 0 Å². The Hall–Kier alpha value is -0.330. The molecule has 3 aliphatic rings. The summed E-state index contributed by atoms with van der Waals surface area (Å²) in [6.45, 7) is 2.32. The van der Waals surface area contributed by atoms with Crippen molar-refractivity contribution in [2.45, 2.75) is 96.8 Å². The minimum absolute atomic E-state index is 0.390. The van der Waals surface area contributed by atoms with Crippen molar-refractivity contribution in [3.63, 3.8) is 0 Å². The van der Waals surface area contributed by atoms with Gasteiger partial charge in [-0.25, -0.2) is 0 Å². The number of unbranched alkanes of at least 4 members (excludes halogenated alkanes) is 2. The number of carbonyl (C=O) groups excluding carboxylic acids is 1. The zero-order valence-corrected chi connectivity index (χ0v) is 15.3. The first kappa shape index (κ1) is 17.5. The van der Waals surface area contributed by atoms with Crippen molar-refractivity contribution in [3.05, 3.63) is 0 Å². The second-order valence-corrected chi connectivity index (χ2v) is 9.08. The molecule has 3 fully saturated rings. The van der Waals surface area contributed by atoms with Gasteiger partial charge in [-0.1, -0.05) is 39.0 Å². The van der Waals surface area contributed by atoms with Gasteiger partial charge in [0.1, 0.15) is 6.29 Å². The van der Waals surface area contributed by atoms with E-state index in [2.05, 4.69) is 6.92 Å². The fourth-order valence-electron chi connectivity index (χ4n) is 6.15. The van der Waals surface area contributed by atoms with E-state index in [1.54, 1.807) is 6.42 Å². The number of fused-ring (bicyclic) bond motifs is 1. The van der Waals surface area contributed by atoms with Crippen molar-refractivity contribution in [2.24, 2.45) is 35.5 Å². The molecule has 0 bridgehead atoms. The normalized spacial score (nSPS) is 41.3. The molecule has 3 aliphatic carbocycles. The van der Waals surface area contributed by atoms with E-state index < -0.39 is 0 Å². The number of carbonyl (C=O) groups is 1. The third-order valence-corrected chi connectivity index (χ3v) is 7.65. The topological polar surface area (TPSA) is 17.1 Å². The van der Waals surface area contributed by atoms with Gasteiger partial charge in [0.25, 0.3) is 0 Å². The number of hydrogen-bond acceptors (Lipinski definition) is 1. The molecule has 0 N–H and O–H groups in total. The van der Waals surface area contributed by atoms with Gasteiger partial charge in [-0.2, -0.15) is 0 Å². The Labute approximate surface area is 144 Å². The summed E-state index contributed by atoms with van der Waals surface area (Å²) in [5.74, 6) is 5.52. The highest BCUT2D eigenvalue weighted by Crippen LogP contribution is 2.49. The minimum atomic E-state index is 0.390. The molecule has 132 valence electrons. The van der Waals surface area contributed by atoms with Crippen LogP contribution in [0.1, 0.15) is 96.8 Å². The first-order valence-corrected chi connectivity index (χ1v) is 10.8. The van der Waals surface area contributed by atoms with Crippen molar-refractivity contribution in [2.75, 3.05) is 0 Å². The van der Waals surface area contributed by atoms with Crippen molar-refractivity contribution in [1.29, 1.82) is 0 Å². The molecule has 3 saturated carbocycles. The van der Waals surface area contributed by atoms with E-state index in [1.807, 2.05) is 0 Å². The third kappa shape index (κ3) is 4.60. The summed E-state index contributed by atoms with van der Waals surface area (Å²) in [6.07, 6.45) is 21.2. The molecule has 3 rings (SSSR count). The molecule has 0 amide bonds. The van der Waals surface area contributed by atoms with Gasteiger partial charge < -0.3 is 4.79 Å². The van der Waals surface area contributed by atoms with Gasteiger partial charge in [0.2, 0.25) is 0 Å². The van der Waals surface area contributed by atoms with E-state index in [-0.39, 0.29) is 0 Å². The molecule has 0 aliphatic heterocycles. The zero-order valence-electron chi connectivity index (χ0n) is 15.3. The maximum atomic E-state index is 11.0. The summed E-state index contributed by atoms with van der Waals surface area (Å²) in [6, 6.07) is 0. The Morgan fingerprint density at radius 1 is 0.739 bits per heavy atom. The molecule has 0 unspecified atom stereocenters. The van der Waals surface area contributed by atoms with Gasteiger partial charge in [0, 0.05) is 5.92 Å². The van der Waals surface area contributed by atoms with Gasteiger partial charge >= 0.3 is 0 Å². The van der Waals surface area contributed by atoms with Gasteiger partial charge in [0.15, 0.2) is 0 Å². The van der Waals surface area contributed by atoms with Crippen LogP contribution in [0, 0.1) is 35.5 Å². The lowest BCUT2D eigenvalue weighted by atomic mass is 9.60. The highest BCUT2D eigenvalue weighted by molar-refractivity contribution is 5.53. The molecule has 0 heterocycles. The first-order valence-electron chi connectivity index (χ1n) is 10.8. The van der Waals surface area contributed by atoms with Crippen LogP contribution in [0.3, 0.4) is 0 Å². The molecule has 0 radical (unpaired) electrons. The molecule has 1 nitrogen and oxygen atoms in total. The predicted molar refractivity (Wildman–Crippen MR) is 97.3 cm³/mol. The van der Waals surface area contributed by atoms with Gasteiger partial charge in [-0.15, -0.1) is 0 Å². The lowest BCUT2D eigenvalue weighted by Crippen LogP contribution is -2.34. The standard InChI is InChI=1S/C22H38O/c1-2-3-4-5-17-6-11-22-15-21(13-12-20(22)14-17)19-9-7-18(16-23)8-10-19/h16-22H,2-15H2,1H3/t17-,18?,19?,20+,21+,22+/m0/s1. The van der Waals surface area contributed by atoms with E-state index in [1.165, 1.54) is 89.8 Å². The molecule has 1 heteroatoms. The fourth-order valence-corrected chi connectivity index (χ4v) is 6.15. The van der Waals surface area contributed by atoms with Crippen molar-refractivity contribution in [3.8, 4) is 0 Å². The number of rotatable bonds is 6. The van der Waals surface area contributed by atoms with E-state index >= 15 is 0 Å². The maximum Gasteiger partial charge on any atom is 0.123 e. The average molecular weight is 319 g/mol. The highest BCUT2D eigenvalue weighted by atomic mass is 16.1. The first-order chi connectivity index (χ1) is 11.3. The summed E-state index contributed by atoms with van der Waals surface area (Å²) in [5, 5.41) is 0. The van der Waals surface area contributed by atoms with Crippen LogP contribution in [0.5, 0.6) is 0 Å². The van der Waals surface area contributed by atoms with E-state index in [4.69, 9.17) is 0 Å². The zero-order chi connectivity index (χ0) is 16.1. The highest BCUT2D eigenvalue weighted by Gasteiger charge is 2.38. The van der Waals surface area contributed by atoms with Crippen LogP contribution < -0.4 is 0 Å². The van der Waals surface area contributed by atoms with Crippen molar-refractivity contribution in [1.82, 2.24) is 0 Å². The summed E-state index contributed by atoms with van der Waals surface area (Å²) in [7, 11) is 0. The lowest BCUT2D eigenvalue weighted by Gasteiger charge is -2.45. The lowest BCUT2D eigenvalue weighted by molar-refractivity contribution is -0.112. The van der Waals surface area contributed by atoms with Gasteiger partial charge in [-0.3, -0.25) is 0 Å². The largest absolute Gasteiger partial charge is 0.303 e. The van der Waals surface area contributed by atoms with Crippen LogP contribution in [-0.4, -0.2) is 6.29 Å². The second-order valence-electron chi connectivity index (χ2n) is 9.08. The minimum Gasteiger partial charge on any atom is -0.303 e. The summed E-state index contributed by atoms with van der Waals surface area (Å²) >= 11 is 0. The molecule has 0 spiro atoms. The van der Waals surface area contributed by atoms with Crippen LogP contribution in [-0.2, 0) is 4.79 Å². The Balaban J connectivity index is 1.43. The Kier molecular flexibility index (Phi) is 6.60. The van der Waals surface area contributed by atoms with Crippen LogP contribution in [0.2, 0.25) is 0 Å². The summed E-state index contributed by atoms with van der Waals surface area (Å²) in [5.41, 5.74) is 0. The molecule has 0 saturated heterocycles. The van der Waals surface area contributed by atoms with Crippen LogP contribution in [0.25, 0.3) is 0 Å². The average Bonchev–Trinajstić information content (AvgIpc) is 2.61. The van der Waals surface area contributed by atoms with Gasteiger partial charge in [-0.05, 0) is 87.4 Å². The van der Waals surface area contributed by atoms with Crippen molar-refractivity contribution < 1.29 is 4.79 Å². The smallest absolute Gasteiger partial charge is 0.123 e. The Morgan fingerprint density at radius 2 is 1.35 bits per heavy atom.